The highest BCUT2D eigenvalue weighted by molar-refractivity contribution is 5.70. The molecule has 0 N–H and O–H groups in total. The molecule has 4 rings (SSSR count). The number of rotatable bonds is 2. The molecule has 2 aromatic rings. The fourth-order valence-corrected chi connectivity index (χ4v) is 3.41. The van der Waals surface area contributed by atoms with Gasteiger partial charge in [0, 0.05) is 19.3 Å². The summed E-state index contributed by atoms with van der Waals surface area (Å²) in [5.74, 6) is 3.67. The van der Waals surface area contributed by atoms with E-state index in [9.17, 15) is 0 Å². The van der Waals surface area contributed by atoms with Crippen molar-refractivity contribution < 1.29 is 4.52 Å². The van der Waals surface area contributed by atoms with E-state index in [4.69, 9.17) is 4.52 Å². The van der Waals surface area contributed by atoms with E-state index in [-0.39, 0.29) is 0 Å². The number of aromatic nitrogens is 3. The molecule has 108 valence electrons. The average molecular weight is 282 g/mol. The Bertz CT molecular complexity index is 662. The maximum Gasteiger partial charge on any atom is 0.261 e. The molecule has 3 heterocycles. The van der Waals surface area contributed by atoms with Gasteiger partial charge in [0.2, 0.25) is 0 Å². The second kappa shape index (κ2) is 4.98. The molecule has 0 amide bonds. The van der Waals surface area contributed by atoms with Gasteiger partial charge in [-0.2, -0.15) is 4.98 Å². The Labute approximate surface area is 123 Å². The summed E-state index contributed by atoms with van der Waals surface area (Å²) in [6.07, 6.45) is 8.82. The summed E-state index contributed by atoms with van der Waals surface area (Å²) in [4.78, 5) is 11.3. The van der Waals surface area contributed by atoms with E-state index in [0.717, 1.165) is 36.3 Å². The van der Waals surface area contributed by atoms with Gasteiger partial charge in [-0.3, -0.25) is 0 Å². The highest BCUT2D eigenvalue weighted by Gasteiger charge is 2.34. The number of aryl methyl sites for hydroxylation is 1. The third kappa shape index (κ3) is 2.22. The van der Waals surface area contributed by atoms with Crippen molar-refractivity contribution in [3.63, 3.8) is 0 Å². The summed E-state index contributed by atoms with van der Waals surface area (Å²) in [7, 11) is 0. The largest absolute Gasteiger partial charge is 0.355 e. The fraction of sp³-hybridized carbons (Fsp3) is 0.438. The molecule has 1 fully saturated rings. The van der Waals surface area contributed by atoms with Gasteiger partial charge in [-0.25, -0.2) is 4.98 Å². The Kier molecular flexibility index (Phi) is 2.98. The van der Waals surface area contributed by atoms with Crippen molar-refractivity contribution in [1.82, 2.24) is 15.1 Å². The molecule has 21 heavy (non-hydrogen) atoms. The first-order chi connectivity index (χ1) is 10.3. The first-order valence-electron chi connectivity index (χ1n) is 7.47. The summed E-state index contributed by atoms with van der Waals surface area (Å²) in [6.45, 7) is 3.96. The number of nitrogens with zero attached hydrogens (tertiary/aromatic N) is 4. The molecule has 2 aromatic heterocycles. The second-order valence-electron chi connectivity index (χ2n) is 5.89. The van der Waals surface area contributed by atoms with E-state index in [1.165, 1.54) is 12.8 Å². The van der Waals surface area contributed by atoms with Gasteiger partial charge in [0.25, 0.3) is 5.89 Å². The van der Waals surface area contributed by atoms with Gasteiger partial charge < -0.3 is 9.42 Å². The van der Waals surface area contributed by atoms with Gasteiger partial charge in [0.05, 0.1) is 5.56 Å². The molecular formula is C16H18N4O. The number of hydrogen-bond acceptors (Lipinski definition) is 5. The fourth-order valence-electron chi connectivity index (χ4n) is 3.41. The van der Waals surface area contributed by atoms with Crippen LogP contribution < -0.4 is 4.90 Å². The van der Waals surface area contributed by atoms with Crippen LogP contribution in [0.1, 0.15) is 18.7 Å². The van der Waals surface area contributed by atoms with Crippen molar-refractivity contribution in [1.29, 1.82) is 0 Å². The summed E-state index contributed by atoms with van der Waals surface area (Å²) >= 11 is 0. The van der Waals surface area contributed by atoms with E-state index in [1.807, 2.05) is 25.3 Å². The molecule has 0 radical (unpaired) electrons. The highest BCUT2D eigenvalue weighted by Crippen LogP contribution is 2.37. The third-order valence-electron chi connectivity index (χ3n) is 4.46. The molecule has 2 aliphatic rings. The number of allylic oxidation sites excluding steroid dienone is 2. The molecule has 5 nitrogen and oxygen atoms in total. The molecular weight excluding hydrogens is 264 g/mol. The van der Waals surface area contributed by atoms with Crippen LogP contribution in [0.25, 0.3) is 11.5 Å². The lowest BCUT2D eigenvalue weighted by atomic mass is 9.86. The molecule has 0 unspecified atom stereocenters. The quantitative estimate of drug-likeness (QED) is 0.793. The Hall–Kier alpha value is -2.17. The molecule has 1 aliphatic heterocycles. The SMILES string of the molecule is Cc1noc(-c2cccnc2N2C[C@H]3CC=CC[C@H]3C2)n1. The Balaban J connectivity index is 1.67. The van der Waals surface area contributed by atoms with Gasteiger partial charge in [-0.15, -0.1) is 0 Å². The molecule has 0 aromatic carbocycles. The van der Waals surface area contributed by atoms with Crippen LogP contribution in [0.2, 0.25) is 0 Å². The van der Waals surface area contributed by atoms with Crippen LogP contribution in [0.3, 0.4) is 0 Å². The smallest absolute Gasteiger partial charge is 0.261 e. The summed E-state index contributed by atoms with van der Waals surface area (Å²) in [6, 6.07) is 3.93. The zero-order valence-corrected chi connectivity index (χ0v) is 12.1. The van der Waals surface area contributed by atoms with Gasteiger partial charge in [0.15, 0.2) is 5.82 Å². The van der Waals surface area contributed by atoms with Gasteiger partial charge in [-0.05, 0) is 43.7 Å². The standard InChI is InChI=1S/C16H18N4O/c1-11-18-16(21-19-11)14-7-4-8-17-15(14)20-9-12-5-2-3-6-13(12)10-20/h2-4,7-8,12-13H,5-6,9-10H2,1H3/t12-,13+. The summed E-state index contributed by atoms with van der Waals surface area (Å²) < 4.78 is 5.33. The number of pyridine rings is 1. The van der Waals surface area contributed by atoms with E-state index in [0.29, 0.717) is 11.7 Å². The lowest BCUT2D eigenvalue weighted by molar-refractivity contribution is 0.411. The summed E-state index contributed by atoms with van der Waals surface area (Å²) in [5.41, 5.74) is 0.935. The first kappa shape index (κ1) is 12.6. The number of fused-ring (bicyclic) bond motifs is 1. The molecule has 1 saturated heterocycles. The average Bonchev–Trinajstić information content (AvgIpc) is 3.13. The minimum Gasteiger partial charge on any atom is -0.355 e. The van der Waals surface area contributed by atoms with Crippen LogP contribution >= 0.6 is 0 Å². The number of anilines is 1. The normalized spacial score (nSPS) is 24.3. The second-order valence-corrected chi connectivity index (χ2v) is 5.89. The van der Waals surface area contributed by atoms with E-state index in [2.05, 4.69) is 32.2 Å². The number of hydrogen-bond donors (Lipinski definition) is 0. The minimum atomic E-state index is 0.559. The topological polar surface area (TPSA) is 55.1 Å². The van der Waals surface area contributed by atoms with E-state index >= 15 is 0 Å². The minimum absolute atomic E-state index is 0.559. The lowest BCUT2D eigenvalue weighted by Crippen LogP contribution is -2.21. The Morgan fingerprint density at radius 3 is 2.62 bits per heavy atom. The third-order valence-corrected chi connectivity index (χ3v) is 4.46. The van der Waals surface area contributed by atoms with Crippen molar-refractivity contribution >= 4 is 5.82 Å². The van der Waals surface area contributed by atoms with Crippen LogP contribution in [0.5, 0.6) is 0 Å². The van der Waals surface area contributed by atoms with Crippen molar-refractivity contribution in [2.45, 2.75) is 19.8 Å². The zero-order chi connectivity index (χ0) is 14.2. The van der Waals surface area contributed by atoms with Gasteiger partial charge >= 0.3 is 0 Å². The molecule has 0 spiro atoms. The van der Waals surface area contributed by atoms with E-state index in [1.54, 1.807) is 0 Å². The van der Waals surface area contributed by atoms with Gasteiger partial charge in [0.1, 0.15) is 5.82 Å². The van der Waals surface area contributed by atoms with Crippen molar-refractivity contribution in [3.05, 3.63) is 36.3 Å². The van der Waals surface area contributed by atoms with E-state index < -0.39 is 0 Å². The van der Waals surface area contributed by atoms with Crippen LogP contribution in [-0.2, 0) is 0 Å². The predicted octanol–water partition coefficient (Wildman–Crippen LogP) is 2.84. The monoisotopic (exact) mass is 282 g/mol. The molecule has 0 bridgehead atoms. The zero-order valence-electron chi connectivity index (χ0n) is 12.1. The van der Waals surface area contributed by atoms with Crippen molar-refractivity contribution in [3.8, 4) is 11.5 Å². The lowest BCUT2D eigenvalue weighted by Gasteiger charge is -2.19. The first-order valence-corrected chi connectivity index (χ1v) is 7.47. The van der Waals surface area contributed by atoms with Crippen LogP contribution in [0.15, 0.2) is 35.0 Å². The molecule has 0 saturated carbocycles. The van der Waals surface area contributed by atoms with Crippen LogP contribution in [-0.4, -0.2) is 28.2 Å². The molecule has 5 heteroatoms. The maximum absolute atomic E-state index is 5.33. The Morgan fingerprint density at radius 2 is 1.95 bits per heavy atom. The summed E-state index contributed by atoms with van der Waals surface area (Å²) in [5, 5.41) is 3.89. The predicted molar refractivity (Wildman–Crippen MR) is 79.8 cm³/mol. The maximum atomic E-state index is 5.33. The molecule has 2 atom stereocenters. The van der Waals surface area contributed by atoms with Crippen molar-refractivity contribution in [2.75, 3.05) is 18.0 Å². The Morgan fingerprint density at radius 1 is 1.19 bits per heavy atom. The molecule has 1 aliphatic carbocycles. The van der Waals surface area contributed by atoms with Gasteiger partial charge in [-0.1, -0.05) is 17.3 Å². The van der Waals surface area contributed by atoms with Crippen LogP contribution in [0.4, 0.5) is 5.82 Å². The van der Waals surface area contributed by atoms with Crippen molar-refractivity contribution in [2.24, 2.45) is 11.8 Å². The highest BCUT2D eigenvalue weighted by atomic mass is 16.5. The van der Waals surface area contributed by atoms with Crippen LogP contribution in [0, 0.1) is 18.8 Å².